The Morgan fingerprint density at radius 2 is 2.10 bits per heavy atom. The Kier molecular flexibility index (Phi) is 4.36. The van der Waals surface area contributed by atoms with Gasteiger partial charge in [-0.3, -0.25) is 4.79 Å². The zero-order valence-electron chi connectivity index (χ0n) is 11.1. The summed E-state index contributed by atoms with van der Waals surface area (Å²) >= 11 is 0. The Morgan fingerprint density at radius 3 is 2.81 bits per heavy atom. The summed E-state index contributed by atoms with van der Waals surface area (Å²) in [5.74, 6) is -2.18. The van der Waals surface area contributed by atoms with Crippen LogP contribution in [0, 0.1) is 5.82 Å². The number of carboxylic acid groups (broad SMARTS) is 1. The summed E-state index contributed by atoms with van der Waals surface area (Å²) in [6.07, 6.45) is 0.183. The Bertz CT molecular complexity index is 591. The Hall–Kier alpha value is -2.64. The van der Waals surface area contributed by atoms with Crippen molar-refractivity contribution in [2.24, 2.45) is 0 Å². The zero-order chi connectivity index (χ0) is 15.4. The number of carboxylic acids is 1. The molecule has 1 aliphatic rings. The molecule has 1 aromatic rings. The molecule has 0 aromatic heterocycles. The van der Waals surface area contributed by atoms with Crippen molar-refractivity contribution in [2.75, 3.05) is 25.0 Å². The van der Waals surface area contributed by atoms with Crippen molar-refractivity contribution in [1.82, 2.24) is 10.2 Å². The topological polar surface area (TPSA) is 98.7 Å². The van der Waals surface area contributed by atoms with Gasteiger partial charge in [0.2, 0.25) is 5.91 Å². The minimum atomic E-state index is -1.34. The summed E-state index contributed by atoms with van der Waals surface area (Å²) in [5.41, 5.74) is -0.315. The van der Waals surface area contributed by atoms with E-state index in [1.165, 1.54) is 11.0 Å². The molecule has 3 amide bonds. The first-order valence-corrected chi connectivity index (χ1v) is 6.33. The van der Waals surface area contributed by atoms with Crippen molar-refractivity contribution in [3.63, 3.8) is 0 Å². The van der Waals surface area contributed by atoms with E-state index in [4.69, 9.17) is 5.11 Å². The van der Waals surface area contributed by atoms with E-state index < -0.39 is 17.8 Å². The van der Waals surface area contributed by atoms with E-state index in [9.17, 15) is 18.8 Å². The smallest absolute Gasteiger partial charge is 0.337 e. The van der Waals surface area contributed by atoms with E-state index in [-0.39, 0.29) is 30.1 Å². The number of halogens is 1. The lowest BCUT2D eigenvalue weighted by molar-refractivity contribution is -0.120. The molecule has 0 spiro atoms. The molecule has 1 fully saturated rings. The van der Waals surface area contributed by atoms with Crippen molar-refractivity contribution in [3.8, 4) is 0 Å². The van der Waals surface area contributed by atoms with Crippen LogP contribution in [0.2, 0.25) is 0 Å². The first kappa shape index (κ1) is 14.8. The third-order valence-electron chi connectivity index (χ3n) is 3.05. The third kappa shape index (κ3) is 3.68. The van der Waals surface area contributed by atoms with Crippen LogP contribution < -0.4 is 10.6 Å². The van der Waals surface area contributed by atoms with Gasteiger partial charge in [0.05, 0.1) is 11.3 Å². The van der Waals surface area contributed by atoms with E-state index in [2.05, 4.69) is 10.6 Å². The van der Waals surface area contributed by atoms with Crippen molar-refractivity contribution in [2.45, 2.75) is 6.42 Å². The molecular weight excluding hydrogens is 281 g/mol. The fourth-order valence-corrected chi connectivity index (χ4v) is 1.97. The molecule has 8 heteroatoms. The van der Waals surface area contributed by atoms with Crippen LogP contribution in [0.1, 0.15) is 16.8 Å². The van der Waals surface area contributed by atoms with Gasteiger partial charge in [0, 0.05) is 26.1 Å². The maximum atomic E-state index is 13.1. The molecule has 21 heavy (non-hydrogen) atoms. The molecule has 0 bridgehead atoms. The summed E-state index contributed by atoms with van der Waals surface area (Å²) in [6, 6.07) is 2.57. The molecule has 1 saturated heterocycles. The van der Waals surface area contributed by atoms with Crippen LogP contribution in [-0.2, 0) is 4.79 Å². The largest absolute Gasteiger partial charge is 0.478 e. The number of nitrogens with one attached hydrogen (secondary N) is 2. The monoisotopic (exact) mass is 295 g/mol. The molecule has 0 atom stereocenters. The molecule has 0 radical (unpaired) electrons. The van der Waals surface area contributed by atoms with E-state index >= 15 is 0 Å². The number of rotatable bonds is 2. The average Bonchev–Trinajstić information content (AvgIpc) is 2.65. The maximum Gasteiger partial charge on any atom is 0.337 e. The van der Waals surface area contributed by atoms with Crippen LogP contribution in [0.15, 0.2) is 18.2 Å². The van der Waals surface area contributed by atoms with Gasteiger partial charge < -0.3 is 20.6 Å². The number of urea groups is 1. The molecule has 1 heterocycles. The molecule has 0 unspecified atom stereocenters. The molecule has 1 aliphatic heterocycles. The van der Waals surface area contributed by atoms with Gasteiger partial charge in [-0.25, -0.2) is 14.0 Å². The van der Waals surface area contributed by atoms with E-state index in [1.807, 2.05) is 0 Å². The van der Waals surface area contributed by atoms with Crippen LogP contribution in [-0.4, -0.2) is 47.5 Å². The van der Waals surface area contributed by atoms with Crippen LogP contribution >= 0.6 is 0 Å². The van der Waals surface area contributed by atoms with Gasteiger partial charge in [-0.15, -0.1) is 0 Å². The van der Waals surface area contributed by atoms with Gasteiger partial charge >= 0.3 is 12.0 Å². The zero-order valence-corrected chi connectivity index (χ0v) is 11.1. The van der Waals surface area contributed by atoms with Crippen LogP contribution in [0.25, 0.3) is 0 Å². The summed E-state index contributed by atoms with van der Waals surface area (Å²) in [6.45, 7) is 0.893. The second kappa shape index (κ2) is 6.21. The summed E-state index contributed by atoms with van der Waals surface area (Å²) in [7, 11) is 0. The lowest BCUT2D eigenvalue weighted by atomic mass is 10.1. The number of hydrogen-bond acceptors (Lipinski definition) is 3. The van der Waals surface area contributed by atoms with Crippen LogP contribution in [0.3, 0.4) is 0 Å². The number of hydrogen-bond donors (Lipinski definition) is 3. The number of carbonyl (C=O) groups excluding carboxylic acids is 2. The highest BCUT2D eigenvalue weighted by Crippen LogP contribution is 2.18. The summed E-state index contributed by atoms with van der Waals surface area (Å²) in [5, 5.41) is 14.1. The number of amides is 3. The minimum Gasteiger partial charge on any atom is -0.478 e. The van der Waals surface area contributed by atoms with Crippen molar-refractivity contribution >= 4 is 23.6 Å². The fraction of sp³-hybridized carbons (Fsp3) is 0.308. The van der Waals surface area contributed by atoms with Gasteiger partial charge in [0.1, 0.15) is 5.82 Å². The molecule has 0 aliphatic carbocycles. The van der Waals surface area contributed by atoms with Crippen LogP contribution in [0.5, 0.6) is 0 Å². The van der Waals surface area contributed by atoms with E-state index in [0.29, 0.717) is 13.1 Å². The first-order chi connectivity index (χ1) is 9.97. The van der Waals surface area contributed by atoms with Crippen molar-refractivity contribution in [3.05, 3.63) is 29.6 Å². The molecule has 7 nitrogen and oxygen atoms in total. The van der Waals surface area contributed by atoms with E-state index in [0.717, 1.165) is 12.1 Å². The summed E-state index contributed by atoms with van der Waals surface area (Å²) in [4.78, 5) is 35.7. The average molecular weight is 295 g/mol. The Morgan fingerprint density at radius 1 is 1.33 bits per heavy atom. The highest BCUT2D eigenvalue weighted by molar-refractivity contribution is 6.00. The first-order valence-electron chi connectivity index (χ1n) is 6.33. The maximum absolute atomic E-state index is 13.1. The van der Waals surface area contributed by atoms with E-state index in [1.54, 1.807) is 0 Å². The van der Waals surface area contributed by atoms with Crippen LogP contribution in [0.4, 0.5) is 14.9 Å². The highest BCUT2D eigenvalue weighted by atomic mass is 19.1. The molecule has 0 saturated carbocycles. The predicted molar refractivity (Wildman–Crippen MR) is 71.6 cm³/mol. The minimum absolute atomic E-state index is 0.0115. The molecule has 2 rings (SSSR count). The second-order valence-corrected chi connectivity index (χ2v) is 4.51. The standard InChI is InChI=1S/C13H14FN3O4/c14-8-1-2-10(9(7-8)12(19)20)16-13(21)17-5-3-11(18)15-4-6-17/h1-2,7H,3-6H2,(H,15,18)(H,16,21)(H,19,20). The van der Waals surface area contributed by atoms with Gasteiger partial charge in [0.25, 0.3) is 0 Å². The lowest BCUT2D eigenvalue weighted by Crippen LogP contribution is -2.37. The second-order valence-electron chi connectivity index (χ2n) is 4.51. The predicted octanol–water partition coefficient (Wildman–Crippen LogP) is 0.878. The van der Waals surface area contributed by atoms with Crippen molar-refractivity contribution < 1.29 is 23.9 Å². The number of benzene rings is 1. The van der Waals surface area contributed by atoms with Gasteiger partial charge in [-0.05, 0) is 18.2 Å². The Balaban J connectivity index is 2.12. The fourth-order valence-electron chi connectivity index (χ4n) is 1.97. The van der Waals surface area contributed by atoms with Gasteiger partial charge in [0.15, 0.2) is 0 Å². The molecule has 1 aromatic carbocycles. The summed E-state index contributed by atoms with van der Waals surface area (Å²) < 4.78 is 13.1. The van der Waals surface area contributed by atoms with Gasteiger partial charge in [-0.1, -0.05) is 0 Å². The van der Waals surface area contributed by atoms with Crippen molar-refractivity contribution in [1.29, 1.82) is 0 Å². The lowest BCUT2D eigenvalue weighted by Gasteiger charge is -2.20. The third-order valence-corrected chi connectivity index (χ3v) is 3.05. The number of aromatic carboxylic acids is 1. The Labute approximate surface area is 119 Å². The van der Waals surface area contributed by atoms with Gasteiger partial charge in [-0.2, -0.15) is 0 Å². The normalized spacial score (nSPS) is 15.1. The SMILES string of the molecule is O=C1CCN(C(=O)Nc2ccc(F)cc2C(=O)O)CCN1. The number of nitrogens with zero attached hydrogens (tertiary/aromatic N) is 1. The molecular formula is C13H14FN3O4. The molecule has 112 valence electrons. The molecule has 3 N–H and O–H groups in total. The number of carbonyl (C=O) groups is 3. The number of anilines is 1. The quantitative estimate of drug-likeness (QED) is 0.754. The highest BCUT2D eigenvalue weighted by Gasteiger charge is 2.20.